The first-order valence-corrected chi connectivity index (χ1v) is 10.7. The molecule has 25 heavy (non-hydrogen) atoms. The third kappa shape index (κ3) is 3.77. The summed E-state index contributed by atoms with van der Waals surface area (Å²) < 4.78 is 1.79. The number of fused-ring (bicyclic) bond motifs is 1. The molecule has 1 unspecified atom stereocenters. The van der Waals surface area contributed by atoms with E-state index in [0.717, 1.165) is 59.3 Å². The monoisotopic (exact) mass is 379 g/mol. The van der Waals surface area contributed by atoms with Gasteiger partial charge in [0.15, 0.2) is 5.16 Å². The summed E-state index contributed by atoms with van der Waals surface area (Å²) in [7, 11) is 0. The van der Waals surface area contributed by atoms with E-state index in [4.69, 9.17) is 4.98 Å². The first-order chi connectivity index (χ1) is 12.0. The maximum atomic E-state index is 13.1. The molecule has 0 radical (unpaired) electrons. The maximum absolute atomic E-state index is 13.1. The Morgan fingerprint density at radius 3 is 2.88 bits per heavy atom. The fraction of sp³-hybridized carbons (Fsp3) is 0.611. The summed E-state index contributed by atoms with van der Waals surface area (Å²) in [6.07, 6.45) is 4.82. The molecule has 1 aliphatic rings. The van der Waals surface area contributed by atoms with Crippen molar-refractivity contribution in [1.82, 2.24) is 14.9 Å². The molecule has 2 aromatic rings. The first-order valence-electron chi connectivity index (χ1n) is 8.97. The van der Waals surface area contributed by atoms with E-state index in [1.165, 1.54) is 11.8 Å². The van der Waals surface area contributed by atoms with Crippen molar-refractivity contribution < 1.29 is 4.79 Å². The lowest BCUT2D eigenvalue weighted by Crippen LogP contribution is -2.32. The summed E-state index contributed by atoms with van der Waals surface area (Å²) >= 11 is 3.02. The molecule has 0 bridgehead atoms. The molecule has 1 saturated heterocycles. The second kappa shape index (κ2) is 7.91. The molecule has 7 heteroatoms. The van der Waals surface area contributed by atoms with E-state index in [2.05, 4.69) is 12.2 Å². The third-order valence-corrected chi connectivity index (χ3v) is 7.08. The second-order valence-corrected chi connectivity index (χ2v) is 8.93. The van der Waals surface area contributed by atoms with E-state index in [1.54, 1.807) is 15.9 Å². The van der Waals surface area contributed by atoms with Crippen molar-refractivity contribution in [3.63, 3.8) is 0 Å². The van der Waals surface area contributed by atoms with Crippen LogP contribution in [0.4, 0.5) is 0 Å². The van der Waals surface area contributed by atoms with Gasteiger partial charge in [0.25, 0.3) is 5.56 Å². The van der Waals surface area contributed by atoms with E-state index >= 15 is 0 Å². The Balaban J connectivity index is 2.05. The average Bonchev–Trinajstić information content (AvgIpc) is 2.73. The van der Waals surface area contributed by atoms with Crippen molar-refractivity contribution in [2.24, 2.45) is 0 Å². The van der Waals surface area contributed by atoms with Crippen molar-refractivity contribution >= 4 is 39.2 Å². The van der Waals surface area contributed by atoms with Crippen LogP contribution in [-0.2, 0) is 11.3 Å². The maximum Gasteiger partial charge on any atom is 0.263 e. The van der Waals surface area contributed by atoms with Crippen LogP contribution in [0.5, 0.6) is 0 Å². The number of unbranched alkanes of at least 4 members (excludes halogenated alkanes) is 1. The van der Waals surface area contributed by atoms with Gasteiger partial charge in [-0.05, 0) is 38.7 Å². The highest BCUT2D eigenvalue weighted by Gasteiger charge is 2.25. The van der Waals surface area contributed by atoms with Crippen LogP contribution in [0.25, 0.3) is 10.2 Å². The molecular weight excluding hydrogens is 354 g/mol. The Bertz CT molecular complexity index is 841. The first kappa shape index (κ1) is 18.5. The molecule has 0 aromatic carbocycles. The van der Waals surface area contributed by atoms with Crippen LogP contribution < -0.4 is 10.9 Å². The number of aryl methyl sites for hydroxylation is 2. The number of nitrogens with zero attached hydrogens (tertiary/aromatic N) is 2. The van der Waals surface area contributed by atoms with Crippen LogP contribution in [0.1, 0.15) is 49.5 Å². The van der Waals surface area contributed by atoms with E-state index in [-0.39, 0.29) is 16.7 Å². The highest BCUT2D eigenvalue weighted by Crippen LogP contribution is 2.31. The molecule has 5 nitrogen and oxygen atoms in total. The molecule has 3 rings (SSSR count). The number of amides is 1. The predicted molar refractivity (Wildman–Crippen MR) is 105 cm³/mol. The topological polar surface area (TPSA) is 64.0 Å². The number of hydrogen-bond donors (Lipinski definition) is 1. The number of aromatic nitrogens is 2. The van der Waals surface area contributed by atoms with Crippen LogP contribution >= 0.6 is 23.1 Å². The van der Waals surface area contributed by atoms with Gasteiger partial charge in [-0.3, -0.25) is 14.2 Å². The van der Waals surface area contributed by atoms with Crippen molar-refractivity contribution in [2.75, 3.05) is 6.54 Å². The van der Waals surface area contributed by atoms with Crippen molar-refractivity contribution in [3.05, 3.63) is 20.8 Å². The predicted octanol–water partition coefficient (Wildman–Crippen LogP) is 3.64. The van der Waals surface area contributed by atoms with Gasteiger partial charge in [0.1, 0.15) is 4.83 Å². The van der Waals surface area contributed by atoms with Gasteiger partial charge >= 0.3 is 0 Å². The smallest absolute Gasteiger partial charge is 0.263 e. The molecule has 1 aliphatic heterocycles. The zero-order valence-electron chi connectivity index (χ0n) is 15.1. The Labute approximate surface area is 156 Å². The summed E-state index contributed by atoms with van der Waals surface area (Å²) in [4.78, 5) is 32.1. The van der Waals surface area contributed by atoms with Gasteiger partial charge in [-0.25, -0.2) is 4.98 Å². The number of carbonyl (C=O) groups is 1. The molecule has 1 fully saturated rings. The van der Waals surface area contributed by atoms with E-state index in [0.29, 0.717) is 11.7 Å². The molecule has 1 N–H and O–H groups in total. The Morgan fingerprint density at radius 2 is 2.12 bits per heavy atom. The van der Waals surface area contributed by atoms with Crippen molar-refractivity contribution in [1.29, 1.82) is 0 Å². The molecule has 2 aromatic heterocycles. The zero-order valence-corrected chi connectivity index (χ0v) is 16.7. The van der Waals surface area contributed by atoms with E-state index in [1.807, 2.05) is 13.8 Å². The minimum Gasteiger partial charge on any atom is -0.355 e. The molecule has 0 spiro atoms. The van der Waals surface area contributed by atoms with Crippen LogP contribution in [0.15, 0.2) is 9.95 Å². The lowest BCUT2D eigenvalue weighted by Gasteiger charge is -2.16. The average molecular weight is 380 g/mol. The number of nitrogens with one attached hydrogen (secondary N) is 1. The molecule has 136 valence electrons. The van der Waals surface area contributed by atoms with Crippen molar-refractivity contribution in [3.8, 4) is 0 Å². The largest absolute Gasteiger partial charge is 0.355 e. The lowest BCUT2D eigenvalue weighted by atomic mass is 10.2. The summed E-state index contributed by atoms with van der Waals surface area (Å²) in [6.45, 7) is 7.54. The number of thiophene rings is 1. The highest BCUT2D eigenvalue weighted by molar-refractivity contribution is 8.00. The fourth-order valence-corrected chi connectivity index (χ4v) is 5.32. The Hall–Kier alpha value is -1.34. The quantitative estimate of drug-likeness (QED) is 0.806. The van der Waals surface area contributed by atoms with E-state index in [9.17, 15) is 9.59 Å². The molecule has 0 saturated carbocycles. The summed E-state index contributed by atoms with van der Waals surface area (Å²) in [6, 6.07) is 0. The number of hydrogen-bond acceptors (Lipinski definition) is 5. The fourth-order valence-electron chi connectivity index (χ4n) is 3.06. The van der Waals surface area contributed by atoms with Gasteiger partial charge < -0.3 is 5.32 Å². The number of thioether (sulfide) groups is 1. The normalized spacial score (nSPS) is 18.4. The minimum atomic E-state index is -0.165. The summed E-state index contributed by atoms with van der Waals surface area (Å²) in [5.41, 5.74) is 1.07. The number of rotatable bonds is 5. The molecule has 0 aliphatic carbocycles. The molecule has 3 heterocycles. The van der Waals surface area contributed by atoms with Crippen LogP contribution in [-0.4, -0.2) is 27.3 Å². The Morgan fingerprint density at radius 1 is 1.32 bits per heavy atom. The zero-order chi connectivity index (χ0) is 18.0. The van der Waals surface area contributed by atoms with Crippen LogP contribution in [0.3, 0.4) is 0 Å². The van der Waals surface area contributed by atoms with Crippen LogP contribution in [0, 0.1) is 13.8 Å². The van der Waals surface area contributed by atoms with Gasteiger partial charge in [0.05, 0.1) is 10.6 Å². The number of carbonyl (C=O) groups excluding carboxylic acids is 1. The highest BCUT2D eigenvalue weighted by atomic mass is 32.2. The van der Waals surface area contributed by atoms with Gasteiger partial charge in [-0.2, -0.15) is 0 Å². The minimum absolute atomic E-state index is 0.0387. The van der Waals surface area contributed by atoms with Crippen molar-refractivity contribution in [2.45, 2.75) is 69.8 Å². The summed E-state index contributed by atoms with van der Waals surface area (Å²) in [5, 5.41) is 4.24. The van der Waals surface area contributed by atoms with Crippen LogP contribution in [0.2, 0.25) is 0 Å². The standard InChI is InChI=1S/C18H25N3O2S2/c1-4-5-10-21-17(23)14-11(2)12(3)24-16(14)20-18(21)25-13-8-6-7-9-19-15(13)22/h13H,4-10H2,1-3H3,(H,19,22). The van der Waals surface area contributed by atoms with Gasteiger partial charge in [0.2, 0.25) is 5.91 Å². The SMILES string of the molecule is CCCCn1c(SC2CCCCNC2=O)nc2sc(C)c(C)c2c1=O. The van der Waals surface area contributed by atoms with Gasteiger partial charge in [-0.15, -0.1) is 11.3 Å². The van der Waals surface area contributed by atoms with Gasteiger partial charge in [-0.1, -0.05) is 31.5 Å². The molecule has 1 amide bonds. The van der Waals surface area contributed by atoms with E-state index < -0.39 is 0 Å². The summed E-state index contributed by atoms with van der Waals surface area (Å²) in [5.74, 6) is 0.0671. The molecular formula is C18H25N3O2S2. The second-order valence-electron chi connectivity index (χ2n) is 6.56. The third-order valence-electron chi connectivity index (χ3n) is 4.72. The van der Waals surface area contributed by atoms with Gasteiger partial charge in [0, 0.05) is 18.0 Å². The lowest BCUT2D eigenvalue weighted by molar-refractivity contribution is -0.120. The Kier molecular flexibility index (Phi) is 5.84. The molecule has 1 atom stereocenters.